The maximum absolute atomic E-state index is 11.1. The van der Waals surface area contributed by atoms with Crippen molar-refractivity contribution in [3.05, 3.63) is 23.3 Å². The normalized spacial score (nSPS) is 16.5. The van der Waals surface area contributed by atoms with Crippen molar-refractivity contribution in [2.45, 2.75) is 18.2 Å². The summed E-state index contributed by atoms with van der Waals surface area (Å²) in [5.74, 6) is 0. The SMILES string of the molecule is Cc1c(S(N)=O)ccc2c1NCC2. The van der Waals surface area contributed by atoms with Crippen LogP contribution in [0.5, 0.6) is 0 Å². The van der Waals surface area contributed by atoms with E-state index in [0.717, 1.165) is 29.1 Å². The second kappa shape index (κ2) is 3.12. The Morgan fingerprint density at radius 1 is 1.54 bits per heavy atom. The van der Waals surface area contributed by atoms with Crippen LogP contribution in [0.3, 0.4) is 0 Å². The third kappa shape index (κ3) is 1.36. The molecular formula is C9H12N2OS. The van der Waals surface area contributed by atoms with Crippen LogP contribution in [0.25, 0.3) is 0 Å². The number of nitrogens with two attached hydrogens (primary N) is 1. The summed E-state index contributed by atoms with van der Waals surface area (Å²) < 4.78 is 11.1. The van der Waals surface area contributed by atoms with Crippen molar-refractivity contribution in [2.24, 2.45) is 5.14 Å². The van der Waals surface area contributed by atoms with E-state index in [1.807, 2.05) is 19.1 Å². The van der Waals surface area contributed by atoms with Gasteiger partial charge in [-0.2, -0.15) is 0 Å². The van der Waals surface area contributed by atoms with Crippen LogP contribution >= 0.6 is 0 Å². The molecule has 3 nitrogen and oxygen atoms in total. The minimum atomic E-state index is -1.37. The monoisotopic (exact) mass is 196 g/mol. The molecule has 0 spiro atoms. The molecule has 2 rings (SSSR count). The molecule has 0 amide bonds. The van der Waals surface area contributed by atoms with Crippen LogP contribution in [0, 0.1) is 6.92 Å². The van der Waals surface area contributed by atoms with E-state index in [4.69, 9.17) is 5.14 Å². The van der Waals surface area contributed by atoms with E-state index < -0.39 is 11.0 Å². The summed E-state index contributed by atoms with van der Waals surface area (Å²) in [6, 6.07) is 3.86. The van der Waals surface area contributed by atoms with Crippen LogP contribution in [0.2, 0.25) is 0 Å². The Morgan fingerprint density at radius 3 is 3.00 bits per heavy atom. The fraction of sp³-hybridized carbons (Fsp3) is 0.333. The van der Waals surface area contributed by atoms with Gasteiger partial charge in [0.05, 0.1) is 4.90 Å². The lowest BCUT2D eigenvalue weighted by atomic mass is 10.1. The van der Waals surface area contributed by atoms with Crippen molar-refractivity contribution in [1.29, 1.82) is 0 Å². The molecule has 1 unspecified atom stereocenters. The summed E-state index contributed by atoms with van der Waals surface area (Å²) in [5, 5.41) is 8.63. The van der Waals surface area contributed by atoms with Crippen LogP contribution < -0.4 is 10.5 Å². The summed E-state index contributed by atoms with van der Waals surface area (Å²) in [5.41, 5.74) is 3.44. The third-order valence-corrected chi connectivity index (χ3v) is 3.29. The molecule has 1 aliphatic rings. The van der Waals surface area contributed by atoms with Crippen LogP contribution in [-0.4, -0.2) is 10.8 Å². The Hall–Kier alpha value is -0.870. The van der Waals surface area contributed by atoms with E-state index in [2.05, 4.69) is 5.32 Å². The highest BCUT2D eigenvalue weighted by Crippen LogP contribution is 2.29. The zero-order valence-electron chi connectivity index (χ0n) is 7.46. The number of hydrogen-bond acceptors (Lipinski definition) is 2. The van der Waals surface area contributed by atoms with Gasteiger partial charge in [0.1, 0.15) is 11.0 Å². The lowest BCUT2D eigenvalue weighted by molar-refractivity contribution is 0.684. The van der Waals surface area contributed by atoms with Crippen molar-refractivity contribution >= 4 is 16.7 Å². The van der Waals surface area contributed by atoms with Crippen molar-refractivity contribution in [1.82, 2.24) is 0 Å². The molecule has 13 heavy (non-hydrogen) atoms. The van der Waals surface area contributed by atoms with E-state index in [1.54, 1.807) is 0 Å². The molecule has 0 saturated carbocycles. The van der Waals surface area contributed by atoms with E-state index in [-0.39, 0.29) is 0 Å². The Kier molecular flexibility index (Phi) is 2.09. The van der Waals surface area contributed by atoms with Gasteiger partial charge >= 0.3 is 0 Å². The smallest absolute Gasteiger partial charge is 0.122 e. The van der Waals surface area contributed by atoms with Crippen molar-refractivity contribution < 1.29 is 4.21 Å². The van der Waals surface area contributed by atoms with Crippen LogP contribution in [0.1, 0.15) is 11.1 Å². The van der Waals surface area contributed by atoms with Gasteiger partial charge in [-0.25, -0.2) is 9.35 Å². The summed E-state index contributed by atoms with van der Waals surface area (Å²) in [7, 11) is -1.37. The molecule has 0 aliphatic carbocycles. The molecule has 0 aromatic heterocycles. The van der Waals surface area contributed by atoms with Crippen molar-refractivity contribution in [2.75, 3.05) is 11.9 Å². The van der Waals surface area contributed by atoms with Gasteiger partial charge < -0.3 is 5.32 Å². The summed E-state index contributed by atoms with van der Waals surface area (Å²) in [6.45, 7) is 2.92. The molecule has 1 aromatic rings. The first-order valence-electron chi connectivity index (χ1n) is 4.22. The van der Waals surface area contributed by atoms with Gasteiger partial charge in [-0.1, -0.05) is 6.07 Å². The Labute approximate surface area is 79.9 Å². The molecular weight excluding hydrogens is 184 g/mol. The number of nitrogens with one attached hydrogen (secondary N) is 1. The Morgan fingerprint density at radius 2 is 2.31 bits per heavy atom. The second-order valence-corrected chi connectivity index (χ2v) is 4.23. The Balaban J connectivity index is 2.59. The first-order chi connectivity index (χ1) is 6.20. The first kappa shape index (κ1) is 8.72. The standard InChI is InChI=1S/C9H12N2OS/c1-6-8(13(10)12)3-2-7-4-5-11-9(6)7/h2-3,11H,4-5,10H2,1H3. The van der Waals surface area contributed by atoms with Crippen LogP contribution in [-0.2, 0) is 17.4 Å². The fourth-order valence-corrected chi connectivity index (χ4v) is 2.35. The highest BCUT2D eigenvalue weighted by Gasteiger charge is 2.15. The van der Waals surface area contributed by atoms with Gasteiger partial charge in [-0.05, 0) is 30.5 Å². The van der Waals surface area contributed by atoms with Gasteiger partial charge in [-0.3, -0.25) is 0 Å². The molecule has 1 aliphatic heterocycles. The highest BCUT2D eigenvalue weighted by atomic mass is 32.2. The largest absolute Gasteiger partial charge is 0.384 e. The fourth-order valence-electron chi connectivity index (χ4n) is 1.74. The van der Waals surface area contributed by atoms with Gasteiger partial charge in [0, 0.05) is 12.2 Å². The minimum absolute atomic E-state index is 0.730. The number of hydrogen-bond donors (Lipinski definition) is 2. The maximum Gasteiger partial charge on any atom is 0.122 e. The molecule has 4 heteroatoms. The molecule has 1 heterocycles. The molecule has 1 atom stereocenters. The van der Waals surface area contributed by atoms with E-state index >= 15 is 0 Å². The van der Waals surface area contributed by atoms with E-state index in [0.29, 0.717) is 0 Å². The number of anilines is 1. The average Bonchev–Trinajstić information content (AvgIpc) is 2.52. The molecule has 3 N–H and O–H groups in total. The lowest BCUT2D eigenvalue weighted by Gasteiger charge is -2.08. The predicted molar refractivity (Wildman–Crippen MR) is 54.0 cm³/mol. The van der Waals surface area contributed by atoms with Crippen molar-refractivity contribution in [3.63, 3.8) is 0 Å². The third-order valence-electron chi connectivity index (χ3n) is 2.41. The number of benzene rings is 1. The summed E-state index contributed by atoms with van der Waals surface area (Å²) in [4.78, 5) is 0.730. The molecule has 0 fully saturated rings. The molecule has 70 valence electrons. The predicted octanol–water partition coefficient (Wildman–Crippen LogP) is 0.944. The first-order valence-corrected chi connectivity index (χ1v) is 5.44. The van der Waals surface area contributed by atoms with Crippen molar-refractivity contribution in [3.8, 4) is 0 Å². The van der Waals surface area contributed by atoms with Gasteiger partial charge in [0.15, 0.2) is 0 Å². The second-order valence-electron chi connectivity index (χ2n) is 3.20. The highest BCUT2D eigenvalue weighted by molar-refractivity contribution is 7.82. The zero-order valence-corrected chi connectivity index (χ0v) is 8.28. The molecule has 0 bridgehead atoms. The van der Waals surface area contributed by atoms with E-state index in [1.165, 1.54) is 5.56 Å². The van der Waals surface area contributed by atoms with Crippen LogP contribution in [0.15, 0.2) is 17.0 Å². The lowest BCUT2D eigenvalue weighted by Crippen LogP contribution is -2.06. The maximum atomic E-state index is 11.1. The Bertz CT molecular complexity index is 376. The zero-order chi connectivity index (χ0) is 9.42. The summed E-state index contributed by atoms with van der Waals surface area (Å²) in [6.07, 6.45) is 1.05. The topological polar surface area (TPSA) is 55.1 Å². The van der Waals surface area contributed by atoms with Gasteiger partial charge in [-0.15, -0.1) is 0 Å². The van der Waals surface area contributed by atoms with E-state index in [9.17, 15) is 4.21 Å². The minimum Gasteiger partial charge on any atom is -0.384 e. The number of fused-ring (bicyclic) bond motifs is 1. The molecule has 0 radical (unpaired) electrons. The quantitative estimate of drug-likeness (QED) is 0.702. The van der Waals surface area contributed by atoms with Gasteiger partial charge in [0.2, 0.25) is 0 Å². The van der Waals surface area contributed by atoms with Gasteiger partial charge in [0.25, 0.3) is 0 Å². The molecule has 0 saturated heterocycles. The average molecular weight is 196 g/mol. The number of rotatable bonds is 1. The van der Waals surface area contributed by atoms with Crippen LogP contribution in [0.4, 0.5) is 5.69 Å². The molecule has 1 aromatic carbocycles. The summed E-state index contributed by atoms with van der Waals surface area (Å²) >= 11 is 0.